The van der Waals surface area contributed by atoms with E-state index in [1.807, 2.05) is 42.5 Å². The highest BCUT2D eigenvalue weighted by atomic mass is 32.2. The highest BCUT2D eigenvalue weighted by Crippen LogP contribution is 2.48. The molecule has 4 saturated carbocycles. The molecule has 0 bridgehead atoms. The lowest BCUT2D eigenvalue weighted by Crippen LogP contribution is -2.58. The van der Waals surface area contributed by atoms with Gasteiger partial charge in [0, 0.05) is 29.4 Å². The summed E-state index contributed by atoms with van der Waals surface area (Å²) in [4.78, 5) is 63.5. The van der Waals surface area contributed by atoms with Crippen molar-refractivity contribution in [2.75, 3.05) is 6.54 Å². The first-order chi connectivity index (χ1) is 30.4. The van der Waals surface area contributed by atoms with Crippen molar-refractivity contribution in [1.29, 1.82) is 0 Å². The first-order valence-electron chi connectivity index (χ1n) is 22.8. The van der Waals surface area contributed by atoms with Gasteiger partial charge in [-0.3, -0.25) is 19.1 Å². The Hall–Kier alpha value is -5.51. The van der Waals surface area contributed by atoms with Crippen LogP contribution >= 0.6 is 0 Å². The third kappa shape index (κ3) is 8.26. The number of allylic oxidation sites excluding steroid dienone is 1. The molecule has 2 aromatic carbocycles. The van der Waals surface area contributed by atoms with E-state index in [1.165, 1.54) is 23.3 Å². The molecule has 5 fully saturated rings. The summed E-state index contributed by atoms with van der Waals surface area (Å²) in [7, 11) is -4.01. The number of nitrogens with zero attached hydrogens (tertiary/aromatic N) is 4. The minimum absolute atomic E-state index is 0.0158. The van der Waals surface area contributed by atoms with Crippen LogP contribution in [0.4, 0.5) is 4.79 Å². The second-order valence-electron chi connectivity index (χ2n) is 18.8. The first kappa shape index (κ1) is 41.5. The Kier molecular flexibility index (Phi) is 10.7. The first-order valence-corrected chi connectivity index (χ1v) is 24.3. The van der Waals surface area contributed by atoms with Crippen LogP contribution in [0, 0.1) is 5.92 Å². The van der Waals surface area contributed by atoms with Gasteiger partial charge in [0.25, 0.3) is 5.91 Å². The molecule has 63 heavy (non-hydrogen) atoms. The zero-order valence-corrected chi connectivity index (χ0v) is 36.4. The molecular formula is C47H55N7O8S. The van der Waals surface area contributed by atoms with E-state index in [0.717, 1.165) is 55.0 Å². The van der Waals surface area contributed by atoms with Crippen molar-refractivity contribution in [3.8, 4) is 17.1 Å². The largest absolute Gasteiger partial charge is 0.472 e. The topological polar surface area (TPSA) is 190 Å². The van der Waals surface area contributed by atoms with Crippen molar-refractivity contribution >= 4 is 50.4 Å². The van der Waals surface area contributed by atoms with Crippen LogP contribution in [0.25, 0.3) is 27.8 Å². The van der Waals surface area contributed by atoms with Gasteiger partial charge in [0.2, 0.25) is 27.7 Å². The molecule has 16 heteroatoms. The summed E-state index contributed by atoms with van der Waals surface area (Å²) in [6, 6.07) is 15.8. The van der Waals surface area contributed by atoms with E-state index in [1.54, 1.807) is 11.4 Å². The van der Waals surface area contributed by atoms with Gasteiger partial charge in [-0.05, 0) is 108 Å². The van der Waals surface area contributed by atoms with Crippen molar-refractivity contribution in [3.05, 3.63) is 72.3 Å². The number of hydrogen-bond acceptors (Lipinski definition) is 10. The Balaban J connectivity index is 0.982. The number of aromatic nitrogens is 3. The number of hydrogen-bond donors (Lipinski definition) is 3. The van der Waals surface area contributed by atoms with Gasteiger partial charge in [-0.15, -0.1) is 0 Å². The Morgan fingerprint density at radius 2 is 1.68 bits per heavy atom. The zero-order chi connectivity index (χ0) is 43.5. The Morgan fingerprint density at radius 1 is 0.921 bits per heavy atom. The minimum Gasteiger partial charge on any atom is -0.472 e. The average molecular weight is 878 g/mol. The molecule has 0 unspecified atom stereocenters. The number of sulfonamides is 1. The van der Waals surface area contributed by atoms with E-state index in [0.29, 0.717) is 55.2 Å². The molecule has 4 amide bonds. The predicted molar refractivity (Wildman–Crippen MR) is 234 cm³/mol. The second kappa shape index (κ2) is 16.2. The van der Waals surface area contributed by atoms with Crippen LogP contribution in [0.3, 0.4) is 0 Å². The molecule has 4 heterocycles. The Bertz CT molecular complexity index is 2600. The van der Waals surface area contributed by atoms with Crippen molar-refractivity contribution in [2.24, 2.45) is 5.92 Å². The molecule has 4 aromatic rings. The summed E-state index contributed by atoms with van der Waals surface area (Å²) in [6.45, 7) is 1.59. The standard InChI is InChI=1S/C47H55N7O8S/c1-46(23-24-46)63(59,60)52-44(57)47-27-32(47)11-5-3-2-4-6-16-37(49-45(58)62-33-12-7-8-13-33)43(56)53-28-34(25-39(53)42(55)50-47)61-40-26-38(31-21-19-30(20-22-31)29-17-18-29)48-41-35-14-9-10-15-36(35)51-54(40)41/h5,9-11,14-15,19-22,26,29,32-34,37,39H,2-4,6-8,12-13,16-18,23-25,27-28H2,1H3,(H,49,58)(H,50,55)(H,52,57)/b11-5-/t32-,34-,37+,39+,47-/m1/s1. The highest BCUT2D eigenvalue weighted by Gasteiger charge is 2.63. The van der Waals surface area contributed by atoms with Crippen molar-refractivity contribution in [2.45, 2.75) is 144 Å². The van der Waals surface area contributed by atoms with Crippen LogP contribution in [0.2, 0.25) is 0 Å². The SMILES string of the molecule is CC1(S(=O)(=O)NC(=O)[C@@]23C[C@H]2/C=C\CCCCC[C@H](NC(=O)OC2CCCC2)C(=O)N2C[C@H](Oc4cc(-c5ccc(C6CC6)cc5)nc5c6ccccc6nn45)C[C@H]2C(=O)N3)CC1. The van der Waals surface area contributed by atoms with Crippen LogP contribution in [-0.4, -0.2) is 92.9 Å². The molecule has 15 nitrogen and oxygen atoms in total. The number of benzene rings is 2. The fraction of sp³-hybridized carbons (Fsp3) is 0.532. The van der Waals surface area contributed by atoms with E-state index in [9.17, 15) is 27.6 Å². The van der Waals surface area contributed by atoms with Crippen molar-refractivity contribution in [3.63, 3.8) is 0 Å². The number of carbonyl (C=O) groups excluding carboxylic acids is 4. The van der Waals surface area contributed by atoms with E-state index in [2.05, 4.69) is 39.6 Å². The number of carbonyl (C=O) groups is 4. The molecular weight excluding hydrogens is 823 g/mol. The third-order valence-electron chi connectivity index (χ3n) is 14.1. The quantitative estimate of drug-likeness (QED) is 0.163. The molecule has 2 aromatic heterocycles. The number of ether oxygens (including phenoxy) is 2. The third-order valence-corrected chi connectivity index (χ3v) is 16.3. The van der Waals surface area contributed by atoms with Crippen LogP contribution in [0.5, 0.6) is 5.88 Å². The van der Waals surface area contributed by atoms with Gasteiger partial charge in [0.15, 0.2) is 5.65 Å². The van der Waals surface area contributed by atoms with Crippen LogP contribution < -0.4 is 20.1 Å². The molecule has 332 valence electrons. The monoisotopic (exact) mass is 877 g/mol. The molecule has 2 aliphatic heterocycles. The Morgan fingerprint density at radius 3 is 2.44 bits per heavy atom. The van der Waals surface area contributed by atoms with Crippen molar-refractivity contribution in [1.82, 2.24) is 34.9 Å². The molecule has 4 aliphatic carbocycles. The summed E-state index contributed by atoms with van der Waals surface area (Å²) in [5.74, 6) is -1.34. The number of nitrogens with one attached hydrogen (secondary N) is 3. The number of fused-ring (bicyclic) bond motifs is 5. The van der Waals surface area contributed by atoms with Gasteiger partial charge in [-0.25, -0.2) is 18.2 Å². The van der Waals surface area contributed by atoms with E-state index < -0.39 is 68.2 Å². The summed E-state index contributed by atoms with van der Waals surface area (Å²) in [6.07, 6.45) is 12.5. The minimum atomic E-state index is -4.01. The van der Waals surface area contributed by atoms with Gasteiger partial charge in [-0.2, -0.15) is 9.61 Å². The van der Waals surface area contributed by atoms with Gasteiger partial charge < -0.3 is 25.0 Å². The van der Waals surface area contributed by atoms with Gasteiger partial charge in [-0.1, -0.05) is 61.4 Å². The maximum Gasteiger partial charge on any atom is 0.408 e. The summed E-state index contributed by atoms with van der Waals surface area (Å²) < 4.78 is 42.1. The fourth-order valence-corrected chi connectivity index (χ4v) is 10.9. The number of alkyl carbamates (subject to hydrolysis) is 1. The van der Waals surface area contributed by atoms with Crippen LogP contribution in [-0.2, 0) is 29.1 Å². The molecule has 10 rings (SSSR count). The fourth-order valence-electron chi connectivity index (χ4n) is 9.63. The lowest BCUT2D eigenvalue weighted by atomic mass is 10.0. The molecule has 0 spiro atoms. The lowest BCUT2D eigenvalue weighted by molar-refractivity contribution is -0.141. The van der Waals surface area contributed by atoms with Crippen molar-refractivity contribution < 1.29 is 37.1 Å². The molecule has 5 atom stereocenters. The zero-order valence-electron chi connectivity index (χ0n) is 35.6. The highest BCUT2D eigenvalue weighted by molar-refractivity contribution is 7.91. The Labute approximate surface area is 366 Å². The maximum atomic E-state index is 14.9. The van der Waals surface area contributed by atoms with Crippen LogP contribution in [0.15, 0.2) is 66.7 Å². The average Bonchev–Trinajstić information content (AvgIpc) is 4.23. The molecule has 6 aliphatic rings. The maximum absolute atomic E-state index is 14.9. The molecule has 3 N–H and O–H groups in total. The number of rotatable bonds is 9. The van der Waals surface area contributed by atoms with Gasteiger partial charge in [0.05, 0.1) is 22.5 Å². The predicted octanol–water partition coefficient (Wildman–Crippen LogP) is 6.21. The second-order valence-corrected chi connectivity index (χ2v) is 21.0. The van der Waals surface area contributed by atoms with E-state index in [-0.39, 0.29) is 25.5 Å². The van der Waals surface area contributed by atoms with Gasteiger partial charge in [0.1, 0.15) is 29.8 Å². The normalized spacial score (nSPS) is 28.0. The lowest BCUT2D eigenvalue weighted by Gasteiger charge is -2.30. The smallest absolute Gasteiger partial charge is 0.408 e. The molecule has 1 saturated heterocycles. The van der Waals surface area contributed by atoms with Gasteiger partial charge >= 0.3 is 6.09 Å². The summed E-state index contributed by atoms with van der Waals surface area (Å²) in [5, 5.41) is 11.5. The summed E-state index contributed by atoms with van der Waals surface area (Å²) >= 11 is 0. The molecule has 0 radical (unpaired) electrons. The summed E-state index contributed by atoms with van der Waals surface area (Å²) in [5.41, 5.74) is 2.66. The van der Waals surface area contributed by atoms with Crippen LogP contribution in [0.1, 0.15) is 115 Å². The number of amides is 4. The van der Waals surface area contributed by atoms with E-state index in [4.69, 9.17) is 19.6 Å². The van der Waals surface area contributed by atoms with E-state index >= 15 is 0 Å².